The van der Waals surface area contributed by atoms with E-state index >= 15 is 0 Å². The molecule has 17 heavy (non-hydrogen) atoms. The molecule has 0 aromatic heterocycles. The number of thioether (sulfide) groups is 1. The Morgan fingerprint density at radius 3 is 2.47 bits per heavy atom. The van der Waals surface area contributed by atoms with Gasteiger partial charge >= 0.3 is 0 Å². The Hall–Kier alpha value is -0.670. The Labute approximate surface area is 109 Å². The summed E-state index contributed by atoms with van der Waals surface area (Å²) < 4.78 is 5.94. The third-order valence-corrected chi connectivity index (χ3v) is 3.36. The second-order valence-corrected chi connectivity index (χ2v) is 4.91. The monoisotopic (exact) mass is 253 g/mol. The van der Waals surface area contributed by atoms with Gasteiger partial charge in [-0.2, -0.15) is 0 Å². The van der Waals surface area contributed by atoms with Crippen LogP contribution in [0, 0.1) is 0 Å². The van der Waals surface area contributed by atoms with Crippen LogP contribution < -0.4 is 10.1 Å². The second kappa shape index (κ2) is 8.43. The summed E-state index contributed by atoms with van der Waals surface area (Å²) in [6, 6.07) is 8.31. The van der Waals surface area contributed by atoms with Crippen LogP contribution in [-0.2, 0) is 0 Å². The van der Waals surface area contributed by atoms with Gasteiger partial charge in [-0.25, -0.2) is 0 Å². The van der Waals surface area contributed by atoms with E-state index in [1.807, 2.05) is 12.1 Å². The number of rotatable bonds is 8. The maximum atomic E-state index is 5.94. The van der Waals surface area contributed by atoms with E-state index in [0.717, 1.165) is 25.3 Å². The molecular formula is C14H23NOS. The van der Waals surface area contributed by atoms with Crippen LogP contribution in [0.5, 0.6) is 5.75 Å². The van der Waals surface area contributed by atoms with Crippen molar-refractivity contribution in [3.63, 3.8) is 0 Å². The highest BCUT2D eigenvalue weighted by Crippen LogP contribution is 2.20. The lowest BCUT2D eigenvalue weighted by atomic mass is 10.2. The van der Waals surface area contributed by atoms with Crippen LogP contribution in [0.2, 0.25) is 0 Å². The summed E-state index contributed by atoms with van der Waals surface area (Å²) in [5.41, 5.74) is 0. The lowest BCUT2D eigenvalue weighted by Crippen LogP contribution is -2.31. The Morgan fingerprint density at radius 1 is 1.24 bits per heavy atom. The molecule has 0 radical (unpaired) electrons. The van der Waals surface area contributed by atoms with Crippen molar-refractivity contribution < 1.29 is 4.74 Å². The number of hydrogen-bond donors (Lipinski definition) is 1. The van der Waals surface area contributed by atoms with Gasteiger partial charge in [0.05, 0.1) is 0 Å². The molecule has 1 N–H and O–H groups in total. The maximum absolute atomic E-state index is 5.94. The van der Waals surface area contributed by atoms with Crippen LogP contribution >= 0.6 is 11.8 Å². The molecule has 0 saturated carbocycles. The zero-order valence-corrected chi connectivity index (χ0v) is 11.8. The molecule has 0 aliphatic rings. The van der Waals surface area contributed by atoms with Crippen LogP contribution in [0.1, 0.15) is 26.7 Å². The van der Waals surface area contributed by atoms with Gasteiger partial charge in [-0.15, -0.1) is 11.8 Å². The normalized spacial score (nSPS) is 12.4. The molecule has 1 atom stereocenters. The summed E-state index contributed by atoms with van der Waals surface area (Å²) in [5.74, 6) is 0.966. The third-order valence-electron chi connectivity index (χ3n) is 2.62. The molecular weight excluding hydrogens is 230 g/mol. The minimum absolute atomic E-state index is 0.265. The SMILES string of the molecule is CCCNCC(CC)Oc1ccc(SC)cc1. The fourth-order valence-electron chi connectivity index (χ4n) is 1.56. The van der Waals surface area contributed by atoms with E-state index in [1.165, 1.54) is 11.3 Å². The highest BCUT2D eigenvalue weighted by molar-refractivity contribution is 7.98. The average Bonchev–Trinajstić information content (AvgIpc) is 2.38. The fraction of sp³-hybridized carbons (Fsp3) is 0.571. The van der Waals surface area contributed by atoms with E-state index in [4.69, 9.17) is 4.74 Å². The van der Waals surface area contributed by atoms with Gasteiger partial charge in [0.25, 0.3) is 0 Å². The minimum Gasteiger partial charge on any atom is -0.489 e. The van der Waals surface area contributed by atoms with Gasteiger partial charge in [-0.05, 0) is 49.9 Å². The van der Waals surface area contributed by atoms with Gasteiger partial charge in [0.15, 0.2) is 0 Å². The molecule has 3 heteroatoms. The second-order valence-electron chi connectivity index (χ2n) is 4.03. The molecule has 0 bridgehead atoms. The predicted octanol–water partition coefficient (Wildman–Crippen LogP) is 3.57. The van der Waals surface area contributed by atoms with Gasteiger partial charge in [-0.1, -0.05) is 13.8 Å². The first kappa shape index (κ1) is 14.4. The van der Waals surface area contributed by atoms with E-state index in [0.29, 0.717) is 0 Å². The molecule has 0 saturated heterocycles. The molecule has 0 spiro atoms. The topological polar surface area (TPSA) is 21.3 Å². The molecule has 0 amide bonds. The summed E-state index contributed by atoms with van der Waals surface area (Å²) in [6.07, 6.45) is 4.54. The maximum Gasteiger partial charge on any atom is 0.119 e. The summed E-state index contributed by atoms with van der Waals surface area (Å²) >= 11 is 1.75. The van der Waals surface area contributed by atoms with E-state index < -0.39 is 0 Å². The first-order chi connectivity index (χ1) is 8.30. The minimum atomic E-state index is 0.265. The molecule has 1 unspecified atom stereocenters. The molecule has 1 aromatic carbocycles. The summed E-state index contributed by atoms with van der Waals surface area (Å²) in [4.78, 5) is 1.27. The van der Waals surface area contributed by atoms with E-state index in [9.17, 15) is 0 Å². The van der Waals surface area contributed by atoms with Crippen molar-refractivity contribution in [2.45, 2.75) is 37.7 Å². The van der Waals surface area contributed by atoms with Crippen LogP contribution in [0.4, 0.5) is 0 Å². The predicted molar refractivity (Wildman–Crippen MR) is 76.1 cm³/mol. The van der Waals surface area contributed by atoms with Crippen molar-refractivity contribution in [1.82, 2.24) is 5.32 Å². The number of benzene rings is 1. The molecule has 96 valence electrons. The van der Waals surface area contributed by atoms with Gasteiger partial charge in [0, 0.05) is 11.4 Å². The van der Waals surface area contributed by atoms with Crippen molar-refractivity contribution in [3.05, 3.63) is 24.3 Å². The van der Waals surface area contributed by atoms with Crippen molar-refractivity contribution >= 4 is 11.8 Å². The lowest BCUT2D eigenvalue weighted by molar-refractivity contribution is 0.193. The van der Waals surface area contributed by atoms with Crippen LogP contribution in [0.3, 0.4) is 0 Å². The summed E-state index contributed by atoms with van der Waals surface area (Å²) in [7, 11) is 0. The van der Waals surface area contributed by atoms with Crippen molar-refractivity contribution in [2.24, 2.45) is 0 Å². The summed E-state index contributed by atoms with van der Waals surface area (Å²) in [5, 5.41) is 3.40. The molecule has 0 heterocycles. The molecule has 0 fully saturated rings. The Balaban J connectivity index is 2.43. The molecule has 0 aliphatic carbocycles. The first-order valence-corrected chi connectivity index (χ1v) is 7.54. The fourth-order valence-corrected chi connectivity index (χ4v) is 1.96. The van der Waals surface area contributed by atoms with Crippen LogP contribution in [-0.4, -0.2) is 25.4 Å². The van der Waals surface area contributed by atoms with Gasteiger partial charge in [0.2, 0.25) is 0 Å². The molecule has 0 aliphatic heterocycles. The van der Waals surface area contributed by atoms with Gasteiger partial charge in [0.1, 0.15) is 11.9 Å². The Kier molecular flexibility index (Phi) is 7.13. The summed E-state index contributed by atoms with van der Waals surface area (Å²) in [6.45, 7) is 6.32. The number of nitrogens with one attached hydrogen (secondary N) is 1. The number of hydrogen-bond acceptors (Lipinski definition) is 3. The van der Waals surface area contributed by atoms with Gasteiger partial charge in [-0.3, -0.25) is 0 Å². The number of ether oxygens (including phenoxy) is 1. The van der Waals surface area contributed by atoms with E-state index in [-0.39, 0.29) is 6.10 Å². The molecule has 2 nitrogen and oxygen atoms in total. The zero-order chi connectivity index (χ0) is 12.5. The third kappa shape index (κ3) is 5.46. The quantitative estimate of drug-likeness (QED) is 0.565. The van der Waals surface area contributed by atoms with E-state index in [2.05, 4.69) is 37.6 Å². The Morgan fingerprint density at radius 2 is 1.94 bits per heavy atom. The molecule has 1 aromatic rings. The largest absolute Gasteiger partial charge is 0.489 e. The Bertz CT molecular complexity index is 300. The highest BCUT2D eigenvalue weighted by Gasteiger charge is 2.07. The van der Waals surface area contributed by atoms with Crippen molar-refractivity contribution in [1.29, 1.82) is 0 Å². The first-order valence-electron chi connectivity index (χ1n) is 6.31. The lowest BCUT2D eigenvalue weighted by Gasteiger charge is -2.18. The van der Waals surface area contributed by atoms with Gasteiger partial charge < -0.3 is 10.1 Å². The zero-order valence-electron chi connectivity index (χ0n) is 11.0. The average molecular weight is 253 g/mol. The van der Waals surface area contributed by atoms with Crippen LogP contribution in [0.15, 0.2) is 29.2 Å². The molecule has 1 rings (SSSR count). The van der Waals surface area contributed by atoms with E-state index in [1.54, 1.807) is 11.8 Å². The highest BCUT2D eigenvalue weighted by atomic mass is 32.2. The smallest absolute Gasteiger partial charge is 0.119 e. The standard InChI is InChI=1S/C14H23NOS/c1-4-10-15-11-12(5-2)16-13-6-8-14(17-3)9-7-13/h6-9,12,15H,4-5,10-11H2,1-3H3. The van der Waals surface area contributed by atoms with Crippen LogP contribution in [0.25, 0.3) is 0 Å². The van der Waals surface area contributed by atoms with Crippen molar-refractivity contribution in [2.75, 3.05) is 19.3 Å². The van der Waals surface area contributed by atoms with Crippen molar-refractivity contribution in [3.8, 4) is 5.75 Å².